The van der Waals surface area contributed by atoms with Crippen LogP contribution < -0.4 is 35.5 Å². The third-order valence-electron chi connectivity index (χ3n) is 3.72. The highest BCUT2D eigenvalue weighted by Gasteiger charge is 2.22. The molecule has 3 rings (SSSR count). The smallest absolute Gasteiger partial charge is 0.231 e. The molecule has 0 saturated heterocycles. The summed E-state index contributed by atoms with van der Waals surface area (Å²) in [4.78, 5) is 4.38. The molecule has 0 spiro atoms. The van der Waals surface area contributed by atoms with Gasteiger partial charge in [0.25, 0.3) is 0 Å². The predicted molar refractivity (Wildman–Crippen MR) is 93.1 cm³/mol. The van der Waals surface area contributed by atoms with Gasteiger partial charge in [-0.25, -0.2) is 5.43 Å². The molecular formula is C17H20N4O4. The van der Waals surface area contributed by atoms with Gasteiger partial charge in [-0.3, -0.25) is 4.98 Å². The molecule has 8 nitrogen and oxygen atoms in total. The lowest BCUT2D eigenvalue weighted by Crippen LogP contribution is -2.28. The molecule has 1 aliphatic rings. The number of pyridine rings is 1. The summed E-state index contributed by atoms with van der Waals surface area (Å²) in [5.41, 5.74) is 14.8. The molecule has 0 aliphatic carbocycles. The van der Waals surface area contributed by atoms with Crippen molar-refractivity contribution in [3.8, 4) is 23.0 Å². The van der Waals surface area contributed by atoms with Gasteiger partial charge in [0.1, 0.15) is 5.75 Å². The Balaban J connectivity index is 2.07. The number of nitrogens with zero attached hydrogens (tertiary/aromatic N) is 1. The van der Waals surface area contributed by atoms with Crippen molar-refractivity contribution in [2.24, 2.45) is 5.73 Å². The Morgan fingerprint density at radius 1 is 1.20 bits per heavy atom. The molecule has 1 aliphatic heterocycles. The number of rotatable bonds is 6. The quantitative estimate of drug-likeness (QED) is 0.675. The molecule has 0 atom stereocenters. The maximum absolute atomic E-state index is 6.40. The Morgan fingerprint density at radius 3 is 2.68 bits per heavy atom. The molecular weight excluding hydrogens is 324 g/mol. The molecule has 2 aromatic rings. The van der Waals surface area contributed by atoms with Crippen LogP contribution in [0.15, 0.2) is 30.5 Å². The van der Waals surface area contributed by atoms with Gasteiger partial charge in [0.05, 0.1) is 37.5 Å². The topological polar surface area (TPSA) is 99.9 Å². The lowest BCUT2D eigenvalue weighted by atomic mass is 10.1. The first-order chi connectivity index (χ1) is 12.2. The van der Waals surface area contributed by atoms with Crippen molar-refractivity contribution in [2.75, 3.05) is 28.1 Å². The van der Waals surface area contributed by atoms with Crippen LogP contribution in [0, 0.1) is 0 Å². The first kappa shape index (κ1) is 16.7. The van der Waals surface area contributed by atoms with E-state index in [1.54, 1.807) is 39.6 Å². The molecule has 132 valence electrons. The standard InChI is InChI=1S/C17H20N4O4/c1-19-21-16(12-5-4-11(22-2)8-20-12)15(18)10-6-13(23-3)17-14(7-10)24-9-25-17/h4-8,19,21H,9,18H2,1-3H3/b16-15-. The number of aromatic nitrogens is 1. The van der Waals surface area contributed by atoms with Crippen molar-refractivity contribution in [2.45, 2.75) is 0 Å². The van der Waals surface area contributed by atoms with Gasteiger partial charge in [-0.1, -0.05) is 0 Å². The van der Waals surface area contributed by atoms with E-state index in [9.17, 15) is 0 Å². The number of benzene rings is 1. The summed E-state index contributed by atoms with van der Waals surface area (Å²) in [5, 5.41) is 0. The SMILES string of the molecule is CNN/C(=C(\N)c1cc(OC)c2c(c1)OCO2)c1ccc(OC)cn1. The second-order valence-corrected chi connectivity index (χ2v) is 5.16. The largest absolute Gasteiger partial charge is 0.495 e. The van der Waals surface area contributed by atoms with Crippen LogP contribution in [0.5, 0.6) is 23.0 Å². The number of hydrogen-bond donors (Lipinski definition) is 3. The lowest BCUT2D eigenvalue weighted by Gasteiger charge is -2.15. The third kappa shape index (κ3) is 3.24. The molecule has 0 bridgehead atoms. The van der Waals surface area contributed by atoms with E-state index in [0.717, 1.165) is 5.56 Å². The second kappa shape index (κ2) is 7.18. The van der Waals surface area contributed by atoms with Crippen LogP contribution >= 0.6 is 0 Å². The minimum absolute atomic E-state index is 0.153. The Morgan fingerprint density at radius 2 is 2.04 bits per heavy atom. The monoisotopic (exact) mass is 344 g/mol. The van der Waals surface area contributed by atoms with E-state index in [-0.39, 0.29) is 6.79 Å². The summed E-state index contributed by atoms with van der Waals surface area (Å²) >= 11 is 0. The minimum atomic E-state index is 0.153. The van der Waals surface area contributed by atoms with Gasteiger partial charge in [0.15, 0.2) is 11.5 Å². The molecule has 4 N–H and O–H groups in total. The molecule has 1 aromatic heterocycles. The van der Waals surface area contributed by atoms with E-state index in [0.29, 0.717) is 40.1 Å². The molecule has 2 heterocycles. The molecule has 8 heteroatoms. The van der Waals surface area contributed by atoms with Crippen molar-refractivity contribution >= 4 is 11.4 Å². The molecule has 0 unspecified atom stereocenters. The highest BCUT2D eigenvalue weighted by molar-refractivity contribution is 5.88. The molecule has 0 saturated carbocycles. The van der Waals surface area contributed by atoms with E-state index < -0.39 is 0 Å². The van der Waals surface area contributed by atoms with Crippen molar-refractivity contribution in [3.05, 3.63) is 41.7 Å². The summed E-state index contributed by atoms with van der Waals surface area (Å²) in [6.45, 7) is 0.153. The number of methoxy groups -OCH3 is 2. The van der Waals surface area contributed by atoms with E-state index in [1.807, 2.05) is 12.1 Å². The van der Waals surface area contributed by atoms with E-state index in [2.05, 4.69) is 15.8 Å². The van der Waals surface area contributed by atoms with Crippen molar-refractivity contribution < 1.29 is 18.9 Å². The van der Waals surface area contributed by atoms with Gasteiger partial charge in [0.2, 0.25) is 12.5 Å². The van der Waals surface area contributed by atoms with Crippen molar-refractivity contribution in [3.63, 3.8) is 0 Å². The Kier molecular flexibility index (Phi) is 4.80. The van der Waals surface area contributed by atoms with E-state index in [4.69, 9.17) is 24.7 Å². The number of nitrogens with two attached hydrogens (primary N) is 1. The predicted octanol–water partition coefficient (Wildman–Crippen LogP) is 1.34. The van der Waals surface area contributed by atoms with E-state index in [1.165, 1.54) is 0 Å². The summed E-state index contributed by atoms with van der Waals surface area (Å²) in [5.74, 6) is 2.38. The summed E-state index contributed by atoms with van der Waals surface area (Å²) in [6.07, 6.45) is 1.63. The Bertz CT molecular complexity index is 790. The zero-order chi connectivity index (χ0) is 17.8. The van der Waals surface area contributed by atoms with Crippen LogP contribution in [0.4, 0.5) is 0 Å². The highest BCUT2D eigenvalue weighted by Crippen LogP contribution is 2.43. The third-order valence-corrected chi connectivity index (χ3v) is 3.72. The summed E-state index contributed by atoms with van der Waals surface area (Å²) in [6, 6.07) is 7.23. The van der Waals surface area contributed by atoms with Crippen LogP contribution in [0.25, 0.3) is 11.4 Å². The van der Waals surface area contributed by atoms with Crippen LogP contribution in [-0.4, -0.2) is 33.0 Å². The first-order valence-corrected chi connectivity index (χ1v) is 7.58. The van der Waals surface area contributed by atoms with Crippen LogP contribution in [0.3, 0.4) is 0 Å². The summed E-state index contributed by atoms with van der Waals surface area (Å²) in [7, 11) is 4.91. The maximum atomic E-state index is 6.40. The maximum Gasteiger partial charge on any atom is 0.231 e. The fraction of sp³-hybridized carbons (Fsp3) is 0.235. The highest BCUT2D eigenvalue weighted by atomic mass is 16.7. The van der Waals surface area contributed by atoms with Gasteiger partial charge >= 0.3 is 0 Å². The average Bonchev–Trinajstić information content (AvgIpc) is 3.13. The van der Waals surface area contributed by atoms with Crippen LogP contribution in [-0.2, 0) is 0 Å². The molecule has 0 amide bonds. The lowest BCUT2D eigenvalue weighted by molar-refractivity contribution is 0.171. The van der Waals surface area contributed by atoms with Crippen molar-refractivity contribution in [1.82, 2.24) is 15.8 Å². The number of hydrogen-bond acceptors (Lipinski definition) is 8. The second-order valence-electron chi connectivity index (χ2n) is 5.16. The van der Waals surface area contributed by atoms with Gasteiger partial charge in [-0.05, 0) is 24.3 Å². The fourth-order valence-corrected chi connectivity index (χ4v) is 2.47. The number of ether oxygens (including phenoxy) is 4. The van der Waals surface area contributed by atoms with Gasteiger partial charge in [-0.15, -0.1) is 0 Å². The Labute approximate surface area is 145 Å². The molecule has 25 heavy (non-hydrogen) atoms. The zero-order valence-electron chi connectivity index (χ0n) is 14.3. The van der Waals surface area contributed by atoms with Gasteiger partial charge in [-0.2, -0.15) is 0 Å². The fourth-order valence-electron chi connectivity index (χ4n) is 2.47. The molecule has 0 fully saturated rings. The number of nitrogens with one attached hydrogen (secondary N) is 2. The Hall–Kier alpha value is -3.13. The van der Waals surface area contributed by atoms with Gasteiger partial charge < -0.3 is 30.1 Å². The van der Waals surface area contributed by atoms with E-state index >= 15 is 0 Å². The normalized spacial score (nSPS) is 13.2. The first-order valence-electron chi connectivity index (χ1n) is 7.58. The van der Waals surface area contributed by atoms with Gasteiger partial charge in [0, 0.05) is 12.6 Å². The zero-order valence-corrected chi connectivity index (χ0v) is 14.3. The average molecular weight is 344 g/mol. The van der Waals surface area contributed by atoms with Crippen LogP contribution in [0.2, 0.25) is 0 Å². The van der Waals surface area contributed by atoms with Crippen LogP contribution in [0.1, 0.15) is 11.3 Å². The minimum Gasteiger partial charge on any atom is -0.495 e. The number of fused-ring (bicyclic) bond motifs is 1. The van der Waals surface area contributed by atoms with Crippen molar-refractivity contribution in [1.29, 1.82) is 0 Å². The number of hydrazine groups is 1. The molecule has 0 radical (unpaired) electrons. The summed E-state index contributed by atoms with van der Waals surface area (Å²) < 4.78 is 21.4. The molecule has 1 aromatic carbocycles.